The fourth-order valence-electron chi connectivity index (χ4n) is 4.67. The van der Waals surface area contributed by atoms with E-state index in [1.165, 1.54) is 6.20 Å². The summed E-state index contributed by atoms with van der Waals surface area (Å²) < 4.78 is 8.50. The zero-order valence-corrected chi connectivity index (χ0v) is 22.1. The van der Waals surface area contributed by atoms with Crippen molar-refractivity contribution in [2.75, 3.05) is 11.9 Å². The number of pyridine rings is 1. The summed E-state index contributed by atoms with van der Waals surface area (Å²) in [6.45, 7) is 3.97. The van der Waals surface area contributed by atoms with E-state index >= 15 is 0 Å². The summed E-state index contributed by atoms with van der Waals surface area (Å²) in [6.07, 6.45) is 4.83. The molecule has 0 atom stereocenters. The van der Waals surface area contributed by atoms with Gasteiger partial charge in [0.25, 0.3) is 5.91 Å². The Labute approximate surface area is 229 Å². The number of anilines is 1. The highest BCUT2D eigenvalue weighted by Gasteiger charge is 2.19. The predicted octanol–water partition coefficient (Wildman–Crippen LogP) is 5.08. The van der Waals surface area contributed by atoms with Crippen LogP contribution in [0, 0.1) is 6.92 Å². The van der Waals surface area contributed by atoms with E-state index in [9.17, 15) is 9.59 Å². The molecule has 0 spiro atoms. The van der Waals surface area contributed by atoms with Crippen molar-refractivity contribution in [3.8, 4) is 22.5 Å². The van der Waals surface area contributed by atoms with Crippen LogP contribution in [0.1, 0.15) is 33.3 Å². The van der Waals surface area contributed by atoms with Crippen LogP contribution in [-0.4, -0.2) is 47.8 Å². The largest absolute Gasteiger partial charge is 0.462 e. The molecule has 10 heteroatoms. The number of nitrogens with one attached hydrogen (secondary N) is 1. The molecule has 0 bridgehead atoms. The Bertz CT molecular complexity index is 1920. The highest BCUT2D eigenvalue weighted by Crippen LogP contribution is 2.28. The second-order valence-corrected chi connectivity index (χ2v) is 9.22. The fourth-order valence-corrected chi connectivity index (χ4v) is 4.67. The van der Waals surface area contributed by atoms with Gasteiger partial charge >= 0.3 is 5.97 Å². The molecule has 1 N–H and O–H groups in total. The number of para-hydroxylation sites is 1. The maximum absolute atomic E-state index is 13.7. The molecule has 0 aliphatic heterocycles. The number of aryl methyl sites for hydroxylation is 1. The minimum atomic E-state index is -0.478. The molecular formula is C30H25N7O3. The van der Waals surface area contributed by atoms with Crippen molar-refractivity contribution in [1.82, 2.24) is 29.4 Å². The van der Waals surface area contributed by atoms with Crippen molar-refractivity contribution in [2.45, 2.75) is 13.8 Å². The molecule has 0 saturated heterocycles. The maximum Gasteiger partial charge on any atom is 0.343 e. The Balaban J connectivity index is 1.36. The summed E-state index contributed by atoms with van der Waals surface area (Å²) in [6, 6.07) is 18.6. The van der Waals surface area contributed by atoms with Gasteiger partial charge in [-0.05, 0) is 44.2 Å². The van der Waals surface area contributed by atoms with Crippen LogP contribution in [0.15, 0.2) is 79.3 Å². The normalized spacial score (nSPS) is 11.2. The topological polar surface area (TPSA) is 116 Å². The molecule has 198 valence electrons. The van der Waals surface area contributed by atoms with Crippen molar-refractivity contribution >= 4 is 34.1 Å². The van der Waals surface area contributed by atoms with Gasteiger partial charge in [-0.3, -0.25) is 9.48 Å². The van der Waals surface area contributed by atoms with Gasteiger partial charge in [-0.1, -0.05) is 30.3 Å². The predicted molar refractivity (Wildman–Crippen MR) is 151 cm³/mol. The van der Waals surface area contributed by atoms with Crippen LogP contribution in [0.2, 0.25) is 0 Å². The van der Waals surface area contributed by atoms with Crippen molar-refractivity contribution in [3.63, 3.8) is 0 Å². The molecule has 2 aromatic carbocycles. The smallest absolute Gasteiger partial charge is 0.343 e. The highest BCUT2D eigenvalue weighted by molar-refractivity contribution is 6.13. The van der Waals surface area contributed by atoms with Crippen molar-refractivity contribution in [2.24, 2.45) is 7.05 Å². The zero-order chi connectivity index (χ0) is 27.8. The molecule has 0 radical (unpaired) electrons. The average molecular weight is 532 g/mol. The van der Waals surface area contributed by atoms with Gasteiger partial charge in [-0.2, -0.15) is 10.2 Å². The lowest BCUT2D eigenvalue weighted by atomic mass is 10.0. The van der Waals surface area contributed by atoms with Gasteiger partial charge in [0, 0.05) is 41.1 Å². The average Bonchev–Trinajstić information content (AvgIpc) is 3.55. The van der Waals surface area contributed by atoms with Crippen molar-refractivity contribution < 1.29 is 14.3 Å². The number of carbonyl (C=O) groups is 2. The van der Waals surface area contributed by atoms with Gasteiger partial charge in [0.1, 0.15) is 5.56 Å². The lowest BCUT2D eigenvalue weighted by Gasteiger charge is -2.12. The molecule has 4 heterocycles. The third kappa shape index (κ3) is 4.35. The summed E-state index contributed by atoms with van der Waals surface area (Å²) in [5.41, 5.74) is 6.51. The molecule has 6 aromatic rings. The number of aromatic nitrogens is 6. The van der Waals surface area contributed by atoms with Crippen LogP contribution in [0.25, 0.3) is 39.1 Å². The minimum Gasteiger partial charge on any atom is -0.462 e. The van der Waals surface area contributed by atoms with Gasteiger partial charge in [0.15, 0.2) is 5.65 Å². The van der Waals surface area contributed by atoms with Gasteiger partial charge < -0.3 is 10.1 Å². The second kappa shape index (κ2) is 10.1. The van der Waals surface area contributed by atoms with Crippen LogP contribution in [0.3, 0.4) is 0 Å². The first-order chi connectivity index (χ1) is 19.4. The Hall–Kier alpha value is -5.38. The molecule has 40 heavy (non-hydrogen) atoms. The van der Waals surface area contributed by atoms with Gasteiger partial charge in [-0.15, -0.1) is 0 Å². The number of ether oxygens (including phenoxy) is 1. The summed E-state index contributed by atoms with van der Waals surface area (Å²) in [7, 11) is 1.87. The zero-order valence-electron chi connectivity index (χ0n) is 22.1. The number of amides is 1. The standard InChI is InChI=1S/C30H25N7O3/c1-4-40-30(39)24-17-33-37-27(12-13-31-28(24)37)19-8-7-9-20(14-19)34-29(38)22-15-26(23-16-32-36(3)18(23)2)35-25-11-6-5-10-21(22)25/h5-17H,4H2,1-3H3,(H,34,38). The summed E-state index contributed by atoms with van der Waals surface area (Å²) in [5, 5.41) is 12.5. The van der Waals surface area contributed by atoms with Crippen molar-refractivity contribution in [1.29, 1.82) is 0 Å². The van der Waals surface area contributed by atoms with E-state index in [0.29, 0.717) is 28.3 Å². The van der Waals surface area contributed by atoms with E-state index in [4.69, 9.17) is 9.72 Å². The van der Waals surface area contributed by atoms with E-state index in [1.54, 1.807) is 40.6 Å². The molecule has 0 unspecified atom stereocenters. The summed E-state index contributed by atoms with van der Waals surface area (Å²) >= 11 is 0. The maximum atomic E-state index is 13.7. The van der Waals surface area contributed by atoms with Crippen LogP contribution < -0.4 is 5.32 Å². The van der Waals surface area contributed by atoms with Gasteiger partial charge in [-0.25, -0.2) is 19.3 Å². The number of hydrogen-bond donors (Lipinski definition) is 1. The van der Waals surface area contributed by atoms with E-state index in [0.717, 1.165) is 27.7 Å². The van der Waals surface area contributed by atoms with E-state index < -0.39 is 5.97 Å². The molecule has 1 amide bonds. The van der Waals surface area contributed by atoms with E-state index in [2.05, 4.69) is 20.5 Å². The van der Waals surface area contributed by atoms with Crippen LogP contribution >= 0.6 is 0 Å². The summed E-state index contributed by atoms with van der Waals surface area (Å²) in [5.74, 6) is -0.740. The number of benzene rings is 2. The Morgan fingerprint density at radius 1 is 0.975 bits per heavy atom. The first kappa shape index (κ1) is 24.9. The lowest BCUT2D eigenvalue weighted by molar-refractivity contribution is 0.0528. The Morgan fingerprint density at radius 3 is 2.62 bits per heavy atom. The first-order valence-electron chi connectivity index (χ1n) is 12.7. The van der Waals surface area contributed by atoms with Crippen LogP contribution in [0.4, 0.5) is 5.69 Å². The number of nitrogens with zero attached hydrogens (tertiary/aromatic N) is 6. The second-order valence-electron chi connectivity index (χ2n) is 9.22. The fraction of sp³-hybridized carbons (Fsp3) is 0.133. The van der Waals surface area contributed by atoms with Gasteiger partial charge in [0.2, 0.25) is 0 Å². The molecule has 4 aromatic heterocycles. The summed E-state index contributed by atoms with van der Waals surface area (Å²) in [4.78, 5) is 35.1. The molecular weight excluding hydrogens is 506 g/mol. The third-order valence-electron chi connectivity index (χ3n) is 6.78. The first-order valence-corrected chi connectivity index (χ1v) is 12.7. The monoisotopic (exact) mass is 531 g/mol. The van der Waals surface area contributed by atoms with E-state index in [1.807, 2.05) is 62.5 Å². The molecule has 0 aliphatic rings. The number of esters is 1. The Morgan fingerprint density at radius 2 is 1.82 bits per heavy atom. The number of carbonyl (C=O) groups excluding carboxylic acids is 2. The minimum absolute atomic E-state index is 0.258. The SMILES string of the molecule is CCOC(=O)c1cnn2c(-c3cccc(NC(=O)c4cc(-c5cnn(C)c5C)nc5ccccc45)c3)ccnc12. The molecule has 6 rings (SSSR count). The lowest BCUT2D eigenvalue weighted by Crippen LogP contribution is -2.13. The highest BCUT2D eigenvalue weighted by atomic mass is 16.5. The number of rotatable bonds is 6. The Kier molecular flexibility index (Phi) is 6.27. The molecule has 10 nitrogen and oxygen atoms in total. The molecule has 0 aliphatic carbocycles. The molecule has 0 fully saturated rings. The van der Waals surface area contributed by atoms with Crippen LogP contribution in [0.5, 0.6) is 0 Å². The van der Waals surface area contributed by atoms with Gasteiger partial charge in [0.05, 0.1) is 41.5 Å². The van der Waals surface area contributed by atoms with E-state index in [-0.39, 0.29) is 18.1 Å². The third-order valence-corrected chi connectivity index (χ3v) is 6.78. The quantitative estimate of drug-likeness (QED) is 0.298. The van der Waals surface area contributed by atoms with Crippen LogP contribution in [-0.2, 0) is 11.8 Å². The molecule has 0 saturated carbocycles. The number of hydrogen-bond acceptors (Lipinski definition) is 7. The number of fused-ring (bicyclic) bond motifs is 2. The van der Waals surface area contributed by atoms with Crippen molar-refractivity contribution in [3.05, 3.63) is 96.1 Å².